The largest absolute Gasteiger partial charge is 0.451 e. The number of benzene rings is 1. The molecule has 0 unspecified atom stereocenters. The van der Waals surface area contributed by atoms with Crippen molar-refractivity contribution in [3.63, 3.8) is 0 Å². The van der Waals surface area contributed by atoms with Gasteiger partial charge in [0.15, 0.2) is 6.10 Å². The lowest BCUT2D eigenvalue weighted by molar-refractivity contribution is 0.0299. The summed E-state index contributed by atoms with van der Waals surface area (Å²) in [6, 6.07) is 11.9. The maximum Gasteiger partial charge on any atom is 0.338 e. The molecule has 132 valence electrons. The van der Waals surface area contributed by atoms with Crippen LogP contribution in [-0.2, 0) is 4.74 Å². The van der Waals surface area contributed by atoms with Crippen molar-refractivity contribution in [2.75, 3.05) is 5.32 Å². The predicted octanol–water partition coefficient (Wildman–Crippen LogP) is 3.29. The van der Waals surface area contributed by atoms with Crippen LogP contribution in [0.4, 0.5) is 10.5 Å². The third kappa shape index (κ3) is 4.84. The van der Waals surface area contributed by atoms with Crippen LogP contribution < -0.4 is 10.6 Å². The van der Waals surface area contributed by atoms with Crippen LogP contribution in [0.25, 0.3) is 0 Å². The van der Waals surface area contributed by atoms with Crippen LogP contribution in [0.1, 0.15) is 41.4 Å². The van der Waals surface area contributed by atoms with Gasteiger partial charge in [0, 0.05) is 17.9 Å². The normalized spacial score (nSPS) is 14.0. The second-order valence-corrected chi connectivity index (χ2v) is 6.01. The van der Waals surface area contributed by atoms with Crippen molar-refractivity contribution >= 4 is 17.7 Å². The van der Waals surface area contributed by atoms with Crippen LogP contribution in [0.15, 0.2) is 48.7 Å². The van der Waals surface area contributed by atoms with Crippen LogP contribution in [0.2, 0.25) is 0 Å². The number of ether oxygens (including phenoxy) is 1. The Labute approximate surface area is 152 Å². The number of nitrogens with one attached hydrogen (secondary N) is 2. The number of pyridine rings is 1. The van der Waals surface area contributed by atoms with E-state index in [1.165, 1.54) is 0 Å². The lowest BCUT2D eigenvalue weighted by Gasteiger charge is -2.15. The Morgan fingerprint density at radius 2 is 2.12 bits per heavy atom. The zero-order valence-corrected chi connectivity index (χ0v) is 14.1. The van der Waals surface area contributed by atoms with Gasteiger partial charge in [0.2, 0.25) is 0 Å². The Bertz CT molecular complexity index is 826. The zero-order valence-electron chi connectivity index (χ0n) is 14.1. The van der Waals surface area contributed by atoms with Gasteiger partial charge in [-0.25, -0.2) is 9.59 Å². The third-order valence-corrected chi connectivity index (χ3v) is 3.84. The molecule has 1 aliphatic carbocycles. The summed E-state index contributed by atoms with van der Waals surface area (Å²) in [7, 11) is 0. The Morgan fingerprint density at radius 1 is 1.27 bits per heavy atom. The van der Waals surface area contributed by atoms with Gasteiger partial charge in [0.05, 0.1) is 17.7 Å². The van der Waals surface area contributed by atoms with Gasteiger partial charge in [-0.15, -0.1) is 12.3 Å². The molecule has 2 amide bonds. The zero-order chi connectivity index (χ0) is 18.4. The summed E-state index contributed by atoms with van der Waals surface area (Å²) in [6.07, 6.45) is 8.61. The van der Waals surface area contributed by atoms with Crippen molar-refractivity contribution in [1.29, 1.82) is 0 Å². The summed E-state index contributed by atoms with van der Waals surface area (Å²) in [5.41, 5.74) is 1.44. The average Bonchev–Trinajstić information content (AvgIpc) is 3.46. The molecule has 1 heterocycles. The first-order valence-electron chi connectivity index (χ1n) is 8.38. The molecule has 6 heteroatoms. The summed E-state index contributed by atoms with van der Waals surface area (Å²) in [6.45, 7) is 0. The van der Waals surface area contributed by atoms with E-state index in [0.29, 0.717) is 16.9 Å². The number of rotatable bonds is 6. The van der Waals surface area contributed by atoms with E-state index in [4.69, 9.17) is 11.2 Å². The molecular formula is C20H19N3O3. The number of carbonyl (C=O) groups excluding carboxylic acids is 2. The Kier molecular flexibility index (Phi) is 5.49. The highest BCUT2D eigenvalue weighted by Crippen LogP contribution is 2.22. The highest BCUT2D eigenvalue weighted by Gasteiger charge is 2.23. The van der Waals surface area contributed by atoms with Crippen LogP contribution in [0, 0.1) is 12.3 Å². The number of hydrogen-bond donors (Lipinski definition) is 2. The molecular weight excluding hydrogens is 330 g/mol. The number of nitrogens with zero attached hydrogens (tertiary/aromatic N) is 1. The number of terminal acetylenes is 1. The van der Waals surface area contributed by atoms with Gasteiger partial charge in [0.25, 0.3) is 0 Å². The van der Waals surface area contributed by atoms with E-state index in [9.17, 15) is 9.59 Å². The lowest BCUT2D eigenvalue weighted by Crippen LogP contribution is -2.30. The van der Waals surface area contributed by atoms with E-state index >= 15 is 0 Å². The fourth-order valence-electron chi connectivity index (χ4n) is 2.38. The molecule has 1 aromatic carbocycles. The predicted molar refractivity (Wildman–Crippen MR) is 97.5 cm³/mol. The standard InChI is InChI=1S/C20H19N3O3/c1-2-6-18(17-9-3-4-12-21-17)26-19(24)14-7-5-8-16(13-14)23-20(25)22-15-10-11-15/h1,3-5,7-9,12-13,15,18H,6,10-11H2,(H2,22,23,25)/t18-/m1/s1. The summed E-state index contributed by atoms with van der Waals surface area (Å²) in [5.74, 6) is 1.98. The monoisotopic (exact) mass is 349 g/mol. The molecule has 1 aliphatic rings. The summed E-state index contributed by atoms with van der Waals surface area (Å²) >= 11 is 0. The summed E-state index contributed by atoms with van der Waals surface area (Å²) in [5, 5.41) is 5.54. The number of amides is 2. The topological polar surface area (TPSA) is 80.3 Å². The van der Waals surface area contributed by atoms with Crippen molar-refractivity contribution < 1.29 is 14.3 Å². The van der Waals surface area contributed by atoms with Crippen molar-refractivity contribution in [2.24, 2.45) is 0 Å². The van der Waals surface area contributed by atoms with E-state index < -0.39 is 12.1 Å². The molecule has 3 rings (SSSR count). The number of aromatic nitrogens is 1. The van der Waals surface area contributed by atoms with Crippen LogP contribution in [-0.4, -0.2) is 23.0 Å². The van der Waals surface area contributed by atoms with Gasteiger partial charge < -0.3 is 15.4 Å². The van der Waals surface area contributed by atoms with E-state index in [0.717, 1.165) is 12.8 Å². The van der Waals surface area contributed by atoms with Crippen molar-refractivity contribution in [2.45, 2.75) is 31.4 Å². The van der Waals surface area contributed by atoms with Crippen LogP contribution in [0.5, 0.6) is 0 Å². The van der Waals surface area contributed by atoms with Crippen molar-refractivity contribution in [3.05, 3.63) is 59.9 Å². The number of urea groups is 1. The first kappa shape index (κ1) is 17.5. The lowest BCUT2D eigenvalue weighted by atomic mass is 10.1. The van der Waals surface area contributed by atoms with Crippen LogP contribution >= 0.6 is 0 Å². The molecule has 2 aromatic rings. The fourth-order valence-corrected chi connectivity index (χ4v) is 2.38. The number of anilines is 1. The summed E-state index contributed by atoms with van der Waals surface area (Å²) < 4.78 is 5.53. The number of carbonyl (C=O) groups is 2. The third-order valence-electron chi connectivity index (χ3n) is 3.84. The molecule has 1 atom stereocenters. The number of hydrogen-bond acceptors (Lipinski definition) is 4. The molecule has 6 nitrogen and oxygen atoms in total. The molecule has 1 aromatic heterocycles. The first-order valence-corrected chi connectivity index (χ1v) is 8.38. The minimum Gasteiger partial charge on any atom is -0.451 e. The van der Waals surface area contributed by atoms with Crippen molar-refractivity contribution in [1.82, 2.24) is 10.3 Å². The van der Waals surface area contributed by atoms with Gasteiger partial charge in [-0.05, 0) is 43.2 Å². The molecule has 0 radical (unpaired) electrons. The highest BCUT2D eigenvalue weighted by atomic mass is 16.5. The van der Waals surface area contributed by atoms with Gasteiger partial charge in [-0.3, -0.25) is 4.98 Å². The van der Waals surface area contributed by atoms with Crippen LogP contribution in [0.3, 0.4) is 0 Å². The molecule has 2 N–H and O–H groups in total. The van der Waals surface area contributed by atoms with E-state index in [1.807, 2.05) is 6.07 Å². The maximum atomic E-state index is 12.5. The van der Waals surface area contributed by atoms with Gasteiger partial charge in [-0.1, -0.05) is 12.1 Å². The summed E-state index contributed by atoms with van der Waals surface area (Å²) in [4.78, 5) is 28.5. The Balaban J connectivity index is 1.67. The molecule has 0 spiro atoms. The van der Waals surface area contributed by atoms with E-state index in [-0.39, 0.29) is 18.5 Å². The van der Waals surface area contributed by atoms with Gasteiger partial charge in [-0.2, -0.15) is 0 Å². The molecule has 0 saturated heterocycles. The maximum absolute atomic E-state index is 12.5. The Morgan fingerprint density at radius 3 is 2.81 bits per heavy atom. The minimum absolute atomic E-state index is 0.227. The second-order valence-electron chi connectivity index (χ2n) is 6.01. The smallest absolute Gasteiger partial charge is 0.338 e. The molecule has 26 heavy (non-hydrogen) atoms. The molecule has 0 bridgehead atoms. The highest BCUT2D eigenvalue weighted by molar-refractivity contribution is 5.94. The number of esters is 1. The first-order chi connectivity index (χ1) is 12.7. The fraction of sp³-hybridized carbons (Fsp3) is 0.250. The minimum atomic E-state index is -0.622. The van der Waals surface area contributed by atoms with E-state index in [2.05, 4.69) is 21.5 Å². The van der Waals surface area contributed by atoms with Gasteiger partial charge in [0.1, 0.15) is 0 Å². The quantitative estimate of drug-likeness (QED) is 0.619. The van der Waals surface area contributed by atoms with Crippen molar-refractivity contribution in [3.8, 4) is 12.3 Å². The average molecular weight is 349 g/mol. The second kappa shape index (κ2) is 8.17. The SMILES string of the molecule is C#CC[C@@H](OC(=O)c1cccc(NC(=O)NC2CC2)c1)c1ccccn1. The Hall–Kier alpha value is -3.33. The van der Waals surface area contributed by atoms with Gasteiger partial charge >= 0.3 is 12.0 Å². The molecule has 1 saturated carbocycles. The van der Waals surface area contributed by atoms with E-state index in [1.54, 1.807) is 42.6 Å². The molecule has 1 fully saturated rings. The molecule has 0 aliphatic heterocycles.